The number of hydrogen-bond acceptors (Lipinski definition) is 1. The van der Waals surface area contributed by atoms with Gasteiger partial charge in [0, 0.05) is 5.56 Å². The fourth-order valence-electron chi connectivity index (χ4n) is 0.715. The summed E-state index contributed by atoms with van der Waals surface area (Å²) >= 11 is 9.38. The van der Waals surface area contributed by atoms with Crippen molar-refractivity contribution < 1.29 is 4.39 Å². The summed E-state index contributed by atoms with van der Waals surface area (Å²) in [6, 6.07) is 4.46. The van der Waals surface area contributed by atoms with Crippen molar-refractivity contribution >= 4 is 24.2 Å². The van der Waals surface area contributed by atoms with Crippen molar-refractivity contribution in [2.45, 2.75) is 0 Å². The summed E-state index contributed by atoms with van der Waals surface area (Å²) in [6.45, 7) is 0. The second-order valence-corrected chi connectivity index (χ2v) is 2.81. The monoisotopic (exact) mass is 200 g/mol. The van der Waals surface area contributed by atoms with Crippen molar-refractivity contribution in [1.29, 1.82) is 0 Å². The van der Waals surface area contributed by atoms with Crippen LogP contribution in [-0.4, -0.2) is 5.75 Å². The molecule has 0 nitrogen and oxygen atoms in total. The zero-order chi connectivity index (χ0) is 8.97. The molecular weight excluding hydrogens is 195 g/mol. The molecular formula is C9H6ClFS. The van der Waals surface area contributed by atoms with E-state index in [1.807, 2.05) is 0 Å². The smallest absolute Gasteiger partial charge is 0.143 e. The normalized spacial score (nSPS) is 8.92. The maximum absolute atomic E-state index is 12.8. The highest BCUT2D eigenvalue weighted by Gasteiger charge is 1.97. The highest BCUT2D eigenvalue weighted by molar-refractivity contribution is 7.80. The van der Waals surface area contributed by atoms with Crippen LogP contribution >= 0.6 is 24.2 Å². The molecule has 0 saturated heterocycles. The largest absolute Gasteiger partial charge is 0.205 e. The summed E-state index contributed by atoms with van der Waals surface area (Å²) in [5.41, 5.74) is 0.617. The van der Waals surface area contributed by atoms with E-state index in [1.54, 1.807) is 6.07 Å². The van der Waals surface area contributed by atoms with Crippen LogP contribution < -0.4 is 0 Å². The summed E-state index contributed by atoms with van der Waals surface area (Å²) < 4.78 is 12.8. The first kappa shape index (κ1) is 9.44. The van der Waals surface area contributed by atoms with Gasteiger partial charge >= 0.3 is 0 Å². The predicted octanol–water partition coefficient (Wildman–Crippen LogP) is 2.76. The van der Waals surface area contributed by atoms with Crippen LogP contribution in [0.1, 0.15) is 5.56 Å². The maximum Gasteiger partial charge on any atom is 0.143 e. The van der Waals surface area contributed by atoms with Gasteiger partial charge in [-0.05, 0) is 18.2 Å². The topological polar surface area (TPSA) is 0 Å². The molecule has 0 aliphatic carbocycles. The second kappa shape index (κ2) is 4.39. The standard InChI is InChI=1S/C9H6ClFS/c10-8-4-3-7(2-1-5-12)6-9(8)11/h3-4,6,12H,5H2. The van der Waals surface area contributed by atoms with Crippen molar-refractivity contribution in [2.24, 2.45) is 0 Å². The van der Waals surface area contributed by atoms with E-state index in [-0.39, 0.29) is 5.02 Å². The quantitative estimate of drug-likeness (QED) is 0.483. The molecule has 0 fully saturated rings. The molecule has 0 radical (unpaired) electrons. The maximum atomic E-state index is 12.8. The zero-order valence-electron chi connectivity index (χ0n) is 6.14. The predicted molar refractivity (Wildman–Crippen MR) is 52.1 cm³/mol. The van der Waals surface area contributed by atoms with Crippen LogP contribution in [0.15, 0.2) is 18.2 Å². The third kappa shape index (κ3) is 2.44. The number of hydrogen-bond donors (Lipinski definition) is 1. The van der Waals surface area contributed by atoms with Crippen LogP contribution in [0, 0.1) is 17.7 Å². The molecule has 12 heavy (non-hydrogen) atoms. The summed E-state index contributed by atoms with van der Waals surface area (Å²) in [4.78, 5) is 0. The Labute approximate surface area is 81.1 Å². The average Bonchev–Trinajstić information content (AvgIpc) is 2.07. The highest BCUT2D eigenvalue weighted by Crippen LogP contribution is 2.14. The number of halogens is 2. The summed E-state index contributed by atoms with van der Waals surface area (Å²) in [5, 5.41) is 0.117. The van der Waals surface area contributed by atoms with Gasteiger partial charge in [-0.2, -0.15) is 12.6 Å². The first-order valence-electron chi connectivity index (χ1n) is 3.29. The highest BCUT2D eigenvalue weighted by atomic mass is 35.5. The van der Waals surface area contributed by atoms with Gasteiger partial charge in [-0.3, -0.25) is 0 Å². The minimum Gasteiger partial charge on any atom is -0.205 e. The lowest BCUT2D eigenvalue weighted by Gasteiger charge is -1.93. The summed E-state index contributed by atoms with van der Waals surface area (Å²) in [5.74, 6) is 5.47. The number of benzene rings is 1. The lowest BCUT2D eigenvalue weighted by atomic mass is 10.2. The molecule has 1 aromatic rings. The molecule has 1 aromatic carbocycles. The Balaban J connectivity index is 2.97. The van der Waals surface area contributed by atoms with Crippen molar-refractivity contribution in [1.82, 2.24) is 0 Å². The van der Waals surface area contributed by atoms with Gasteiger partial charge in [0.1, 0.15) is 5.82 Å². The fraction of sp³-hybridized carbons (Fsp3) is 0.111. The van der Waals surface area contributed by atoms with E-state index in [9.17, 15) is 4.39 Å². The van der Waals surface area contributed by atoms with Gasteiger partial charge < -0.3 is 0 Å². The van der Waals surface area contributed by atoms with E-state index in [4.69, 9.17) is 11.6 Å². The molecule has 3 heteroatoms. The minimum atomic E-state index is -0.442. The number of thiol groups is 1. The van der Waals surface area contributed by atoms with Gasteiger partial charge in [0.15, 0.2) is 0 Å². The van der Waals surface area contributed by atoms with E-state index in [2.05, 4.69) is 24.5 Å². The molecule has 0 unspecified atom stereocenters. The molecule has 0 saturated carbocycles. The SMILES string of the molecule is Fc1cc(C#CCS)ccc1Cl. The van der Waals surface area contributed by atoms with Crippen molar-refractivity contribution in [3.63, 3.8) is 0 Å². The van der Waals surface area contributed by atoms with E-state index < -0.39 is 5.82 Å². The van der Waals surface area contributed by atoms with Crippen LogP contribution in [0.2, 0.25) is 5.02 Å². The molecule has 0 aromatic heterocycles. The Morgan fingerprint density at radius 1 is 1.50 bits per heavy atom. The van der Waals surface area contributed by atoms with Gasteiger partial charge in [0.05, 0.1) is 10.8 Å². The van der Waals surface area contributed by atoms with Crippen LogP contribution in [0.3, 0.4) is 0 Å². The van der Waals surface area contributed by atoms with Crippen LogP contribution in [-0.2, 0) is 0 Å². The first-order valence-corrected chi connectivity index (χ1v) is 4.30. The fourth-order valence-corrected chi connectivity index (χ4v) is 0.912. The van der Waals surface area contributed by atoms with Crippen molar-refractivity contribution in [3.8, 4) is 11.8 Å². The van der Waals surface area contributed by atoms with Gasteiger partial charge in [-0.25, -0.2) is 4.39 Å². The molecule has 0 amide bonds. The second-order valence-electron chi connectivity index (χ2n) is 2.09. The Hall–Kier alpha value is -0.650. The molecule has 0 heterocycles. The van der Waals surface area contributed by atoms with Crippen molar-refractivity contribution in [3.05, 3.63) is 34.6 Å². The average molecular weight is 201 g/mol. The van der Waals surface area contributed by atoms with Gasteiger partial charge in [-0.15, -0.1) is 0 Å². The summed E-state index contributed by atoms with van der Waals surface area (Å²) in [7, 11) is 0. The molecule has 0 bridgehead atoms. The third-order valence-electron chi connectivity index (χ3n) is 1.23. The Bertz CT molecular complexity index is 338. The van der Waals surface area contributed by atoms with E-state index in [0.717, 1.165) is 0 Å². The lowest BCUT2D eigenvalue weighted by molar-refractivity contribution is 0.628. The van der Waals surface area contributed by atoms with Crippen molar-refractivity contribution in [2.75, 3.05) is 5.75 Å². The molecule has 0 aliphatic rings. The van der Waals surface area contributed by atoms with E-state index in [0.29, 0.717) is 11.3 Å². The van der Waals surface area contributed by atoms with Crippen LogP contribution in [0.25, 0.3) is 0 Å². The lowest BCUT2D eigenvalue weighted by Crippen LogP contribution is -1.79. The van der Waals surface area contributed by atoms with Crippen LogP contribution in [0.5, 0.6) is 0 Å². The zero-order valence-corrected chi connectivity index (χ0v) is 7.79. The third-order valence-corrected chi connectivity index (χ3v) is 1.70. The van der Waals surface area contributed by atoms with E-state index in [1.165, 1.54) is 12.1 Å². The van der Waals surface area contributed by atoms with Gasteiger partial charge in [0.25, 0.3) is 0 Å². The Kier molecular flexibility index (Phi) is 3.46. The molecule has 62 valence electrons. The Morgan fingerprint density at radius 2 is 2.25 bits per heavy atom. The van der Waals surface area contributed by atoms with Gasteiger partial charge in [-0.1, -0.05) is 23.4 Å². The first-order chi connectivity index (χ1) is 5.74. The van der Waals surface area contributed by atoms with Crippen LogP contribution in [0.4, 0.5) is 4.39 Å². The molecule has 0 spiro atoms. The summed E-state index contributed by atoms with van der Waals surface area (Å²) in [6.07, 6.45) is 0. The molecule has 0 aliphatic heterocycles. The van der Waals surface area contributed by atoms with E-state index >= 15 is 0 Å². The molecule has 1 rings (SSSR count). The Morgan fingerprint density at radius 3 is 2.83 bits per heavy atom. The molecule has 0 N–H and O–H groups in total. The number of rotatable bonds is 0. The minimum absolute atomic E-state index is 0.117. The van der Waals surface area contributed by atoms with Gasteiger partial charge in [0.2, 0.25) is 0 Å². The molecule has 0 atom stereocenters.